The maximum atomic E-state index is 13.9. The van der Waals surface area contributed by atoms with Crippen LogP contribution in [-0.2, 0) is 16.2 Å². The molecule has 7 heteroatoms. The quantitative estimate of drug-likeness (QED) is 0.143. The lowest BCUT2D eigenvalue weighted by atomic mass is 9.55. The molecule has 1 aliphatic heterocycles. The number of ether oxygens (including phenoxy) is 2. The van der Waals surface area contributed by atoms with E-state index >= 15 is 0 Å². The molecule has 5 aromatic rings. The van der Waals surface area contributed by atoms with Crippen LogP contribution in [0.15, 0.2) is 113 Å². The number of hydrogen-bond acceptors (Lipinski definition) is 5. The molecule has 9 rings (SSSR count). The summed E-state index contributed by atoms with van der Waals surface area (Å²) < 4.78 is 12.6. The van der Waals surface area contributed by atoms with Crippen LogP contribution in [0.3, 0.4) is 0 Å². The lowest BCUT2D eigenvalue weighted by Crippen LogP contribution is -2.41. The van der Waals surface area contributed by atoms with Crippen molar-refractivity contribution in [1.82, 2.24) is 5.01 Å². The second kappa shape index (κ2) is 10.5. The first-order valence-electron chi connectivity index (χ1n) is 14.6. The Hall–Kier alpha value is -4.75. The van der Waals surface area contributed by atoms with E-state index in [4.69, 9.17) is 9.47 Å². The molecular formula is C37H27BrN2O4. The third kappa shape index (κ3) is 4.03. The standard InChI is InChI=1S/C37H27BrN2O4/c1-43-30-18-21(17-29(38)35(30)44-20-23-11-8-10-22-9-2-3-12-24(22)23)19-39-40-36(41)33-31-25-13-4-5-14-26(25)32(34(33)37(40)42)28-16-7-6-15-27(28)31/h2-19,31-34H,20H2,1H3/b39-19-/t31?,32?,33-,34-/m1/s1. The Kier molecular flexibility index (Phi) is 6.38. The van der Waals surface area contributed by atoms with Crippen LogP contribution in [0.1, 0.15) is 45.2 Å². The van der Waals surface area contributed by atoms with Gasteiger partial charge in [0.15, 0.2) is 11.5 Å². The largest absolute Gasteiger partial charge is 0.493 e. The van der Waals surface area contributed by atoms with Crippen LogP contribution >= 0.6 is 15.9 Å². The van der Waals surface area contributed by atoms with Crippen molar-refractivity contribution >= 4 is 44.7 Å². The van der Waals surface area contributed by atoms with Gasteiger partial charge in [0.05, 0.1) is 29.6 Å². The normalized spacial score (nSPS) is 21.5. The molecule has 0 saturated carbocycles. The molecule has 1 fully saturated rings. The topological polar surface area (TPSA) is 68.2 Å². The minimum absolute atomic E-state index is 0.165. The molecule has 2 atom stereocenters. The number of imide groups is 1. The molecule has 6 nitrogen and oxygen atoms in total. The molecule has 1 heterocycles. The second-order valence-corrected chi connectivity index (χ2v) is 12.3. The summed E-state index contributed by atoms with van der Waals surface area (Å²) in [4.78, 5) is 27.8. The van der Waals surface area contributed by atoms with E-state index in [1.807, 2.05) is 48.5 Å². The predicted molar refractivity (Wildman–Crippen MR) is 172 cm³/mol. The number of methoxy groups -OCH3 is 1. The zero-order chi connectivity index (χ0) is 29.9. The highest BCUT2D eigenvalue weighted by Gasteiger charge is 2.61. The third-order valence-corrected chi connectivity index (χ3v) is 9.84. The van der Waals surface area contributed by atoms with Gasteiger partial charge < -0.3 is 9.47 Å². The first-order chi connectivity index (χ1) is 21.5. The lowest BCUT2D eigenvalue weighted by molar-refractivity contribution is -0.139. The second-order valence-electron chi connectivity index (χ2n) is 11.5. The highest BCUT2D eigenvalue weighted by molar-refractivity contribution is 9.10. The van der Waals surface area contributed by atoms with Crippen molar-refractivity contribution in [3.63, 3.8) is 0 Å². The van der Waals surface area contributed by atoms with Gasteiger partial charge >= 0.3 is 0 Å². The van der Waals surface area contributed by atoms with E-state index in [-0.39, 0.29) is 23.7 Å². The molecule has 5 aromatic carbocycles. The van der Waals surface area contributed by atoms with Crippen molar-refractivity contribution in [2.45, 2.75) is 18.4 Å². The van der Waals surface area contributed by atoms with Crippen LogP contribution < -0.4 is 9.47 Å². The number of rotatable bonds is 6. The van der Waals surface area contributed by atoms with Crippen molar-refractivity contribution < 1.29 is 19.1 Å². The molecule has 3 aliphatic carbocycles. The molecule has 4 aliphatic rings. The Morgan fingerprint density at radius 2 is 1.34 bits per heavy atom. The van der Waals surface area contributed by atoms with E-state index in [0.29, 0.717) is 28.1 Å². The fraction of sp³-hybridized carbons (Fsp3) is 0.162. The van der Waals surface area contributed by atoms with Crippen LogP contribution in [0.2, 0.25) is 0 Å². The average Bonchev–Trinajstić information content (AvgIpc) is 3.32. The van der Waals surface area contributed by atoms with Gasteiger partial charge in [0.1, 0.15) is 6.61 Å². The van der Waals surface area contributed by atoms with Gasteiger partial charge in [0.2, 0.25) is 0 Å². The van der Waals surface area contributed by atoms with Crippen LogP contribution in [0, 0.1) is 11.8 Å². The molecule has 2 bridgehead atoms. The lowest BCUT2D eigenvalue weighted by Gasteiger charge is -2.45. The Morgan fingerprint density at radius 3 is 1.95 bits per heavy atom. The predicted octanol–water partition coefficient (Wildman–Crippen LogP) is 7.42. The monoisotopic (exact) mass is 642 g/mol. The summed E-state index contributed by atoms with van der Waals surface area (Å²) >= 11 is 3.63. The third-order valence-electron chi connectivity index (χ3n) is 9.25. The van der Waals surface area contributed by atoms with Crippen molar-refractivity contribution in [2.75, 3.05) is 7.11 Å². The number of halogens is 1. The highest BCUT2D eigenvalue weighted by Crippen LogP contribution is 2.61. The van der Waals surface area contributed by atoms with E-state index < -0.39 is 11.8 Å². The summed E-state index contributed by atoms with van der Waals surface area (Å²) in [5, 5.41) is 7.83. The minimum atomic E-state index is -0.472. The minimum Gasteiger partial charge on any atom is -0.493 e. The summed E-state index contributed by atoms with van der Waals surface area (Å²) in [6.45, 7) is 0.358. The van der Waals surface area contributed by atoms with Crippen LogP contribution in [0.4, 0.5) is 0 Å². The van der Waals surface area contributed by atoms with Gasteiger partial charge in [-0.25, -0.2) is 0 Å². The van der Waals surface area contributed by atoms with Gasteiger partial charge in [0, 0.05) is 11.8 Å². The average molecular weight is 644 g/mol. The van der Waals surface area contributed by atoms with Crippen molar-refractivity contribution in [1.29, 1.82) is 0 Å². The SMILES string of the molecule is COc1cc(/C=N\N2C(=O)[C@@H]3C4c5ccccc5C(c5ccccc54)[C@H]3C2=O)cc(Br)c1OCc1cccc2ccccc12. The number of carbonyl (C=O) groups excluding carboxylic acids is 2. The number of benzene rings is 5. The molecule has 216 valence electrons. The molecule has 0 unspecified atom stereocenters. The van der Waals surface area contributed by atoms with Gasteiger partial charge in [0.25, 0.3) is 11.8 Å². The van der Waals surface area contributed by atoms with Gasteiger partial charge in [-0.15, -0.1) is 0 Å². The van der Waals surface area contributed by atoms with E-state index in [2.05, 4.69) is 69.6 Å². The zero-order valence-electron chi connectivity index (χ0n) is 23.8. The molecule has 0 aromatic heterocycles. The summed E-state index contributed by atoms with van der Waals surface area (Å²) in [5.41, 5.74) is 6.27. The smallest absolute Gasteiger partial charge is 0.254 e. The van der Waals surface area contributed by atoms with Gasteiger partial charge in [-0.3, -0.25) is 9.59 Å². The van der Waals surface area contributed by atoms with Gasteiger partial charge in [-0.1, -0.05) is 91.0 Å². The highest BCUT2D eigenvalue weighted by atomic mass is 79.9. The first-order valence-corrected chi connectivity index (χ1v) is 15.4. The summed E-state index contributed by atoms with van der Waals surface area (Å²) in [7, 11) is 1.58. The molecule has 1 saturated heterocycles. The fourth-order valence-corrected chi connectivity index (χ4v) is 8.00. The Bertz CT molecular complexity index is 1900. The molecule has 44 heavy (non-hydrogen) atoms. The summed E-state index contributed by atoms with van der Waals surface area (Å²) in [5.74, 6) is -0.710. The fourth-order valence-electron chi connectivity index (χ4n) is 7.42. The van der Waals surface area contributed by atoms with E-state index in [1.165, 1.54) is 6.21 Å². The summed E-state index contributed by atoms with van der Waals surface area (Å²) in [6.07, 6.45) is 1.54. The van der Waals surface area contributed by atoms with E-state index in [0.717, 1.165) is 43.6 Å². The number of amides is 2. The maximum Gasteiger partial charge on any atom is 0.254 e. The van der Waals surface area contributed by atoms with Crippen molar-refractivity contribution in [2.24, 2.45) is 16.9 Å². The number of hydrogen-bond donors (Lipinski definition) is 0. The van der Waals surface area contributed by atoms with Crippen LogP contribution in [-0.4, -0.2) is 30.1 Å². The van der Waals surface area contributed by atoms with Gasteiger partial charge in [-0.2, -0.15) is 10.1 Å². The number of hydrazone groups is 1. The first kappa shape index (κ1) is 26.8. The zero-order valence-corrected chi connectivity index (χ0v) is 25.4. The number of fused-ring (bicyclic) bond motifs is 1. The van der Waals surface area contributed by atoms with Crippen molar-refractivity contribution in [3.05, 3.63) is 141 Å². The summed E-state index contributed by atoms with van der Waals surface area (Å²) in [6, 6.07) is 34.4. The maximum absolute atomic E-state index is 13.9. The molecule has 0 N–H and O–H groups in total. The van der Waals surface area contributed by atoms with Crippen LogP contribution in [0.25, 0.3) is 10.8 Å². The molecular weight excluding hydrogens is 616 g/mol. The van der Waals surface area contributed by atoms with Gasteiger partial charge in [-0.05, 0) is 72.2 Å². The Balaban J connectivity index is 1.08. The van der Waals surface area contributed by atoms with E-state index in [1.54, 1.807) is 13.2 Å². The molecule has 0 radical (unpaired) electrons. The van der Waals surface area contributed by atoms with Crippen LogP contribution in [0.5, 0.6) is 11.5 Å². The Labute approximate surface area is 263 Å². The van der Waals surface area contributed by atoms with Crippen molar-refractivity contribution in [3.8, 4) is 11.5 Å². The number of carbonyl (C=O) groups is 2. The molecule has 0 spiro atoms. The number of nitrogens with zero attached hydrogens (tertiary/aromatic N) is 2. The van der Waals surface area contributed by atoms with E-state index in [9.17, 15) is 9.59 Å². The molecule has 2 amide bonds. The Morgan fingerprint density at radius 1 is 0.773 bits per heavy atom.